The Morgan fingerprint density at radius 2 is 2.00 bits per heavy atom. The number of ether oxygens (including phenoxy) is 1. The maximum absolute atomic E-state index is 6.38. The highest BCUT2D eigenvalue weighted by Gasteiger charge is 2.22. The van der Waals surface area contributed by atoms with Crippen molar-refractivity contribution in [1.82, 2.24) is 4.90 Å². The third-order valence-electron chi connectivity index (χ3n) is 4.27. The van der Waals surface area contributed by atoms with Crippen LogP contribution < -0.4 is 10.5 Å². The van der Waals surface area contributed by atoms with E-state index in [-0.39, 0.29) is 6.04 Å². The molecule has 1 aromatic rings. The Kier molecular flexibility index (Phi) is 5.86. The van der Waals surface area contributed by atoms with Crippen molar-refractivity contribution in [2.75, 3.05) is 19.7 Å². The Labute approximate surface area is 123 Å². The van der Waals surface area contributed by atoms with Gasteiger partial charge < -0.3 is 10.5 Å². The average molecular weight is 276 g/mol. The van der Waals surface area contributed by atoms with E-state index in [1.54, 1.807) is 0 Å². The molecule has 20 heavy (non-hydrogen) atoms. The monoisotopic (exact) mass is 276 g/mol. The largest absolute Gasteiger partial charge is 0.494 e. The highest BCUT2D eigenvalue weighted by atomic mass is 16.5. The van der Waals surface area contributed by atoms with Crippen molar-refractivity contribution in [3.63, 3.8) is 0 Å². The molecule has 3 heteroatoms. The molecule has 112 valence electrons. The van der Waals surface area contributed by atoms with Crippen molar-refractivity contribution < 1.29 is 4.74 Å². The van der Waals surface area contributed by atoms with Crippen LogP contribution in [0.5, 0.6) is 5.75 Å². The SMILES string of the molecule is CCOc1ccc(C(N)CN2CCCCC2CC)cc1. The van der Waals surface area contributed by atoms with Crippen molar-refractivity contribution in [1.29, 1.82) is 0 Å². The van der Waals surface area contributed by atoms with Gasteiger partial charge in [0, 0.05) is 18.6 Å². The van der Waals surface area contributed by atoms with Gasteiger partial charge in [0.25, 0.3) is 0 Å². The van der Waals surface area contributed by atoms with Gasteiger partial charge in [-0.15, -0.1) is 0 Å². The lowest BCUT2D eigenvalue weighted by atomic mass is 9.98. The first-order valence-corrected chi connectivity index (χ1v) is 7.97. The molecule has 0 aliphatic carbocycles. The molecule has 3 nitrogen and oxygen atoms in total. The second-order valence-electron chi connectivity index (χ2n) is 5.66. The fourth-order valence-electron chi connectivity index (χ4n) is 3.10. The van der Waals surface area contributed by atoms with Crippen LogP contribution in [0.3, 0.4) is 0 Å². The Morgan fingerprint density at radius 1 is 1.25 bits per heavy atom. The first-order chi connectivity index (χ1) is 9.74. The lowest BCUT2D eigenvalue weighted by Crippen LogP contribution is -2.42. The summed E-state index contributed by atoms with van der Waals surface area (Å²) in [6.07, 6.45) is 5.24. The van der Waals surface area contributed by atoms with Gasteiger partial charge >= 0.3 is 0 Å². The molecule has 0 amide bonds. The van der Waals surface area contributed by atoms with Crippen LogP contribution in [0.4, 0.5) is 0 Å². The van der Waals surface area contributed by atoms with Crippen molar-refractivity contribution in [3.05, 3.63) is 29.8 Å². The van der Waals surface area contributed by atoms with Gasteiger partial charge in [0.1, 0.15) is 5.75 Å². The van der Waals surface area contributed by atoms with Gasteiger partial charge in [-0.25, -0.2) is 0 Å². The Balaban J connectivity index is 1.94. The summed E-state index contributed by atoms with van der Waals surface area (Å²) in [6, 6.07) is 9.05. The van der Waals surface area contributed by atoms with Gasteiger partial charge in [0.15, 0.2) is 0 Å². The molecule has 2 rings (SSSR count). The predicted octanol–water partition coefficient (Wildman–Crippen LogP) is 3.35. The van der Waals surface area contributed by atoms with E-state index in [1.165, 1.54) is 37.8 Å². The summed E-state index contributed by atoms with van der Waals surface area (Å²) < 4.78 is 5.47. The number of nitrogens with two attached hydrogens (primary N) is 1. The molecule has 2 unspecified atom stereocenters. The third kappa shape index (κ3) is 3.97. The van der Waals surface area contributed by atoms with Gasteiger partial charge in [0.2, 0.25) is 0 Å². The first-order valence-electron chi connectivity index (χ1n) is 7.97. The molecule has 1 aliphatic rings. The minimum atomic E-state index is 0.0952. The molecule has 0 spiro atoms. The molecule has 0 radical (unpaired) electrons. The second-order valence-corrected chi connectivity index (χ2v) is 5.66. The topological polar surface area (TPSA) is 38.5 Å². The summed E-state index contributed by atoms with van der Waals surface area (Å²) in [5.41, 5.74) is 7.59. The maximum Gasteiger partial charge on any atom is 0.119 e. The van der Waals surface area contributed by atoms with E-state index < -0.39 is 0 Å². The van der Waals surface area contributed by atoms with Crippen LogP contribution in [-0.2, 0) is 0 Å². The minimum absolute atomic E-state index is 0.0952. The van der Waals surface area contributed by atoms with Crippen LogP contribution in [0.2, 0.25) is 0 Å². The summed E-state index contributed by atoms with van der Waals surface area (Å²) in [4.78, 5) is 2.57. The van der Waals surface area contributed by atoms with Crippen molar-refractivity contribution in [2.24, 2.45) is 5.73 Å². The van der Waals surface area contributed by atoms with Gasteiger partial charge in [-0.05, 0) is 50.4 Å². The molecule has 1 heterocycles. The number of hydrogen-bond acceptors (Lipinski definition) is 3. The number of benzene rings is 1. The van der Waals surface area contributed by atoms with Crippen molar-refractivity contribution in [3.8, 4) is 5.75 Å². The molecule has 1 aliphatic heterocycles. The summed E-state index contributed by atoms with van der Waals surface area (Å²) in [6.45, 7) is 7.15. The number of piperidine rings is 1. The van der Waals surface area contributed by atoms with E-state index in [0.717, 1.165) is 18.3 Å². The quantitative estimate of drug-likeness (QED) is 0.866. The number of hydrogen-bond donors (Lipinski definition) is 1. The fourth-order valence-corrected chi connectivity index (χ4v) is 3.10. The number of nitrogens with zero attached hydrogens (tertiary/aromatic N) is 1. The van der Waals surface area contributed by atoms with Gasteiger partial charge in [0.05, 0.1) is 6.61 Å². The second kappa shape index (κ2) is 7.65. The van der Waals surface area contributed by atoms with Crippen LogP contribution in [0.15, 0.2) is 24.3 Å². The smallest absolute Gasteiger partial charge is 0.119 e. The molecule has 0 saturated carbocycles. The summed E-state index contributed by atoms with van der Waals surface area (Å²) in [7, 11) is 0. The Bertz CT molecular complexity index is 390. The highest BCUT2D eigenvalue weighted by Crippen LogP contribution is 2.23. The van der Waals surface area contributed by atoms with Crippen LogP contribution >= 0.6 is 0 Å². The van der Waals surface area contributed by atoms with Gasteiger partial charge in [-0.2, -0.15) is 0 Å². The fraction of sp³-hybridized carbons (Fsp3) is 0.647. The molecule has 0 bridgehead atoms. The summed E-state index contributed by atoms with van der Waals surface area (Å²) in [5, 5.41) is 0. The zero-order valence-corrected chi connectivity index (χ0v) is 12.8. The van der Waals surface area contributed by atoms with E-state index in [2.05, 4.69) is 24.0 Å². The van der Waals surface area contributed by atoms with Crippen molar-refractivity contribution >= 4 is 0 Å². The van der Waals surface area contributed by atoms with E-state index in [9.17, 15) is 0 Å². The lowest BCUT2D eigenvalue weighted by Gasteiger charge is -2.36. The Hall–Kier alpha value is -1.06. The maximum atomic E-state index is 6.38. The van der Waals surface area contributed by atoms with Gasteiger partial charge in [-0.3, -0.25) is 4.90 Å². The minimum Gasteiger partial charge on any atom is -0.494 e. The number of likely N-dealkylation sites (tertiary alicyclic amines) is 1. The lowest BCUT2D eigenvalue weighted by molar-refractivity contribution is 0.136. The predicted molar refractivity (Wildman–Crippen MR) is 84.0 cm³/mol. The normalized spacial score (nSPS) is 21.6. The summed E-state index contributed by atoms with van der Waals surface area (Å²) in [5.74, 6) is 0.924. The van der Waals surface area contributed by atoms with Crippen LogP contribution in [0.1, 0.15) is 51.1 Å². The third-order valence-corrected chi connectivity index (χ3v) is 4.27. The molecule has 2 N–H and O–H groups in total. The van der Waals surface area contributed by atoms with Crippen LogP contribution in [0, 0.1) is 0 Å². The van der Waals surface area contributed by atoms with E-state index in [0.29, 0.717) is 6.61 Å². The highest BCUT2D eigenvalue weighted by molar-refractivity contribution is 5.29. The van der Waals surface area contributed by atoms with Crippen LogP contribution in [-0.4, -0.2) is 30.6 Å². The Morgan fingerprint density at radius 3 is 2.65 bits per heavy atom. The van der Waals surface area contributed by atoms with Crippen molar-refractivity contribution in [2.45, 2.75) is 51.6 Å². The van der Waals surface area contributed by atoms with E-state index in [1.807, 2.05) is 19.1 Å². The molecule has 2 atom stereocenters. The molecular formula is C17H28N2O. The molecular weight excluding hydrogens is 248 g/mol. The first kappa shape index (κ1) is 15.3. The zero-order valence-electron chi connectivity index (χ0n) is 12.8. The zero-order chi connectivity index (χ0) is 14.4. The van der Waals surface area contributed by atoms with E-state index >= 15 is 0 Å². The molecule has 1 saturated heterocycles. The standard InChI is InChI=1S/C17H28N2O/c1-3-15-7-5-6-12-19(15)13-17(18)14-8-10-16(11-9-14)20-4-2/h8-11,15,17H,3-7,12-13,18H2,1-2H3. The molecule has 0 aromatic heterocycles. The summed E-state index contributed by atoms with van der Waals surface area (Å²) >= 11 is 0. The van der Waals surface area contributed by atoms with Crippen LogP contribution in [0.25, 0.3) is 0 Å². The molecule has 1 fully saturated rings. The van der Waals surface area contributed by atoms with Gasteiger partial charge in [-0.1, -0.05) is 25.5 Å². The number of rotatable bonds is 6. The average Bonchev–Trinajstić information content (AvgIpc) is 2.49. The molecule has 1 aromatic carbocycles. The van der Waals surface area contributed by atoms with E-state index in [4.69, 9.17) is 10.5 Å².